The van der Waals surface area contributed by atoms with E-state index in [1.807, 2.05) is 5.38 Å². The van der Waals surface area contributed by atoms with E-state index < -0.39 is 20.7 Å². The van der Waals surface area contributed by atoms with Gasteiger partial charge in [0.2, 0.25) is 0 Å². The van der Waals surface area contributed by atoms with Crippen molar-refractivity contribution >= 4 is 37.1 Å². The third kappa shape index (κ3) is 2.43. The molecule has 0 aliphatic rings. The maximum atomic E-state index is 11.5. The van der Waals surface area contributed by atoms with Crippen LogP contribution in [0.2, 0.25) is 0 Å². The number of rotatable bonds is 3. The molecule has 0 spiro atoms. The third-order valence-electron chi connectivity index (χ3n) is 2.55. The zero-order valence-corrected chi connectivity index (χ0v) is 11.9. The first kappa shape index (κ1) is 13.2. The molecular weight excluding hydrogens is 300 g/mol. The van der Waals surface area contributed by atoms with Gasteiger partial charge < -0.3 is 5.11 Å². The highest BCUT2D eigenvalue weighted by Gasteiger charge is 2.39. The van der Waals surface area contributed by atoms with E-state index in [0.717, 1.165) is 10.7 Å². The lowest BCUT2D eigenvalue weighted by Gasteiger charge is -2.28. The number of aliphatic hydroxyl groups is 1. The Bertz CT molecular complexity index is 448. The molecule has 86 valence electrons. The van der Waals surface area contributed by atoms with E-state index >= 15 is 0 Å². The van der Waals surface area contributed by atoms with Crippen molar-refractivity contribution in [2.75, 3.05) is 6.26 Å². The number of hydrogen-bond donors (Lipinski definition) is 1. The van der Waals surface area contributed by atoms with Gasteiger partial charge in [0, 0.05) is 21.7 Å². The summed E-state index contributed by atoms with van der Waals surface area (Å²) in [4.78, 5) is 0. The molecule has 0 aliphatic heterocycles. The molecule has 1 rings (SSSR count). The summed E-state index contributed by atoms with van der Waals surface area (Å²) < 4.78 is 22.6. The van der Waals surface area contributed by atoms with Crippen LogP contribution in [0.15, 0.2) is 15.2 Å². The summed E-state index contributed by atoms with van der Waals surface area (Å²) >= 11 is 4.70. The Morgan fingerprint density at radius 3 is 2.33 bits per heavy atom. The van der Waals surface area contributed by atoms with Gasteiger partial charge >= 0.3 is 0 Å². The van der Waals surface area contributed by atoms with Crippen LogP contribution < -0.4 is 0 Å². The second kappa shape index (κ2) is 4.16. The van der Waals surface area contributed by atoms with Crippen LogP contribution in [0.4, 0.5) is 0 Å². The molecule has 1 N–H and O–H groups in total. The van der Waals surface area contributed by atoms with Crippen LogP contribution in [0, 0.1) is 0 Å². The molecule has 0 aromatic carbocycles. The Kier molecular flexibility index (Phi) is 3.65. The van der Waals surface area contributed by atoms with Crippen molar-refractivity contribution in [2.45, 2.75) is 24.7 Å². The minimum atomic E-state index is -3.31. The SMILES string of the molecule is CC(C)(C(O)c1cscc1Br)S(C)(=O)=O. The fraction of sp³-hybridized carbons (Fsp3) is 0.556. The van der Waals surface area contributed by atoms with Gasteiger partial charge in [-0.3, -0.25) is 0 Å². The zero-order valence-electron chi connectivity index (χ0n) is 8.69. The number of sulfone groups is 1. The second-order valence-corrected chi connectivity index (χ2v) is 8.15. The van der Waals surface area contributed by atoms with Crippen LogP contribution in [0.5, 0.6) is 0 Å². The average molecular weight is 313 g/mol. The Morgan fingerprint density at radius 2 is 2.00 bits per heavy atom. The second-order valence-electron chi connectivity index (χ2n) is 3.95. The van der Waals surface area contributed by atoms with Crippen LogP contribution in [-0.4, -0.2) is 24.5 Å². The predicted octanol–water partition coefficient (Wildman–Crippen LogP) is 2.37. The first-order chi connectivity index (χ1) is 6.68. The van der Waals surface area contributed by atoms with Gasteiger partial charge in [-0.25, -0.2) is 8.42 Å². The molecule has 0 aliphatic carbocycles. The molecule has 6 heteroatoms. The van der Waals surface area contributed by atoms with Crippen molar-refractivity contribution in [2.24, 2.45) is 0 Å². The summed E-state index contributed by atoms with van der Waals surface area (Å²) in [5.41, 5.74) is 0.621. The fourth-order valence-electron chi connectivity index (χ4n) is 1.06. The lowest BCUT2D eigenvalue weighted by atomic mass is 10.0. The predicted molar refractivity (Wildman–Crippen MR) is 65.9 cm³/mol. The molecule has 1 aromatic rings. The minimum Gasteiger partial charge on any atom is -0.387 e. The smallest absolute Gasteiger partial charge is 0.155 e. The summed E-state index contributed by atoms with van der Waals surface area (Å²) in [5, 5.41) is 13.6. The Morgan fingerprint density at radius 1 is 1.47 bits per heavy atom. The summed E-state index contributed by atoms with van der Waals surface area (Å²) in [5.74, 6) is 0. The number of aliphatic hydroxyl groups excluding tert-OH is 1. The van der Waals surface area contributed by atoms with E-state index in [-0.39, 0.29) is 0 Å². The monoisotopic (exact) mass is 312 g/mol. The lowest BCUT2D eigenvalue weighted by molar-refractivity contribution is 0.139. The molecule has 1 unspecified atom stereocenters. The van der Waals surface area contributed by atoms with Gasteiger partial charge in [-0.05, 0) is 35.2 Å². The Balaban J connectivity index is 3.16. The van der Waals surface area contributed by atoms with Gasteiger partial charge in [0.1, 0.15) is 0 Å². The summed E-state index contributed by atoms with van der Waals surface area (Å²) in [6.07, 6.45) is 0.115. The molecule has 0 saturated heterocycles. The molecule has 1 aromatic heterocycles. The van der Waals surface area contributed by atoms with Gasteiger partial charge in [-0.15, -0.1) is 0 Å². The topological polar surface area (TPSA) is 54.4 Å². The summed E-state index contributed by atoms with van der Waals surface area (Å²) in [6, 6.07) is 0. The van der Waals surface area contributed by atoms with E-state index in [1.54, 1.807) is 5.38 Å². The molecule has 1 heterocycles. The largest absolute Gasteiger partial charge is 0.387 e. The highest BCUT2D eigenvalue weighted by atomic mass is 79.9. The standard InChI is InChI=1S/C9H13BrO3S2/c1-9(2,15(3,12)13)8(11)6-4-14-5-7(6)10/h4-5,8,11H,1-3H3. The third-order valence-corrected chi connectivity index (χ3v) is 6.44. The van der Waals surface area contributed by atoms with Crippen molar-refractivity contribution in [3.63, 3.8) is 0 Å². The number of halogens is 1. The molecular formula is C9H13BrO3S2. The van der Waals surface area contributed by atoms with Gasteiger partial charge in [0.15, 0.2) is 9.84 Å². The molecule has 0 fully saturated rings. The van der Waals surface area contributed by atoms with Gasteiger partial charge in [-0.2, -0.15) is 11.3 Å². The highest BCUT2D eigenvalue weighted by molar-refractivity contribution is 9.10. The average Bonchev–Trinajstić information content (AvgIpc) is 2.48. The van der Waals surface area contributed by atoms with Gasteiger partial charge in [0.05, 0.1) is 10.9 Å². The van der Waals surface area contributed by atoms with Gasteiger partial charge in [-0.1, -0.05) is 0 Å². The number of hydrogen-bond acceptors (Lipinski definition) is 4. The van der Waals surface area contributed by atoms with E-state index in [0.29, 0.717) is 5.56 Å². The number of thiophene rings is 1. The lowest BCUT2D eigenvalue weighted by Crippen LogP contribution is -2.37. The quantitative estimate of drug-likeness (QED) is 0.932. The van der Waals surface area contributed by atoms with Crippen molar-refractivity contribution < 1.29 is 13.5 Å². The maximum absolute atomic E-state index is 11.5. The van der Waals surface area contributed by atoms with Crippen LogP contribution in [0.1, 0.15) is 25.5 Å². The summed E-state index contributed by atoms with van der Waals surface area (Å²) in [7, 11) is -3.31. The van der Waals surface area contributed by atoms with Crippen LogP contribution >= 0.6 is 27.3 Å². The first-order valence-electron chi connectivity index (χ1n) is 4.27. The van der Waals surface area contributed by atoms with Crippen LogP contribution in [0.25, 0.3) is 0 Å². The van der Waals surface area contributed by atoms with Crippen molar-refractivity contribution in [1.29, 1.82) is 0 Å². The molecule has 0 bridgehead atoms. The molecule has 3 nitrogen and oxygen atoms in total. The highest BCUT2D eigenvalue weighted by Crippen LogP contribution is 2.37. The van der Waals surface area contributed by atoms with E-state index in [2.05, 4.69) is 15.9 Å². The van der Waals surface area contributed by atoms with Gasteiger partial charge in [0.25, 0.3) is 0 Å². The van der Waals surface area contributed by atoms with E-state index in [9.17, 15) is 13.5 Å². The molecule has 1 atom stereocenters. The van der Waals surface area contributed by atoms with Crippen LogP contribution in [-0.2, 0) is 9.84 Å². The van der Waals surface area contributed by atoms with E-state index in [1.165, 1.54) is 25.2 Å². The molecule has 15 heavy (non-hydrogen) atoms. The molecule has 0 saturated carbocycles. The maximum Gasteiger partial charge on any atom is 0.155 e. The normalized spacial score (nSPS) is 15.3. The Hall–Kier alpha value is 0.0900. The molecule has 0 radical (unpaired) electrons. The van der Waals surface area contributed by atoms with Crippen LogP contribution in [0.3, 0.4) is 0 Å². The summed E-state index contributed by atoms with van der Waals surface area (Å²) in [6.45, 7) is 3.05. The first-order valence-corrected chi connectivity index (χ1v) is 7.90. The fourth-order valence-corrected chi connectivity index (χ4v) is 3.13. The van der Waals surface area contributed by atoms with Crippen molar-refractivity contribution in [3.8, 4) is 0 Å². The minimum absolute atomic E-state index is 0.621. The van der Waals surface area contributed by atoms with Crippen molar-refractivity contribution in [3.05, 3.63) is 20.8 Å². The Labute approximate surface area is 102 Å². The molecule has 0 amide bonds. The zero-order chi connectivity index (χ0) is 11.9. The van der Waals surface area contributed by atoms with Crippen molar-refractivity contribution in [1.82, 2.24) is 0 Å². The van der Waals surface area contributed by atoms with E-state index in [4.69, 9.17) is 0 Å².